The van der Waals surface area contributed by atoms with Crippen LogP contribution in [0, 0.1) is 5.82 Å². The molecule has 2 aromatic rings. The van der Waals surface area contributed by atoms with Gasteiger partial charge in [-0.2, -0.15) is 0 Å². The molecule has 1 atom stereocenters. The van der Waals surface area contributed by atoms with Crippen LogP contribution in [0.2, 0.25) is 0 Å². The molecule has 0 heterocycles. The molecule has 2 nitrogen and oxygen atoms in total. The highest BCUT2D eigenvalue weighted by Gasteiger charge is 2.11. The lowest BCUT2D eigenvalue weighted by Crippen LogP contribution is -2.13. The van der Waals surface area contributed by atoms with E-state index in [2.05, 4.69) is 15.9 Å². The van der Waals surface area contributed by atoms with Gasteiger partial charge in [0.1, 0.15) is 0 Å². The summed E-state index contributed by atoms with van der Waals surface area (Å²) in [5.74, 6) is -0.150. The van der Waals surface area contributed by atoms with Gasteiger partial charge < -0.3 is 10.5 Å². The lowest BCUT2D eigenvalue weighted by molar-refractivity contribution is 0.385. The van der Waals surface area contributed by atoms with E-state index < -0.39 is 0 Å². The minimum absolute atomic E-state index is 0.191. The van der Waals surface area contributed by atoms with E-state index in [1.165, 1.54) is 13.2 Å². The van der Waals surface area contributed by atoms with E-state index in [0.717, 1.165) is 15.6 Å². The lowest BCUT2D eigenvalue weighted by Gasteiger charge is -2.14. The SMILES string of the molecule is COc1cc(C(N)Cc2cccc(Br)c2)ccc1F. The molecule has 19 heavy (non-hydrogen) atoms. The van der Waals surface area contributed by atoms with Crippen LogP contribution in [-0.4, -0.2) is 7.11 Å². The summed E-state index contributed by atoms with van der Waals surface area (Å²) in [6.45, 7) is 0. The Balaban J connectivity index is 2.18. The van der Waals surface area contributed by atoms with Crippen molar-refractivity contribution in [1.82, 2.24) is 0 Å². The summed E-state index contributed by atoms with van der Waals surface area (Å²) in [7, 11) is 1.45. The van der Waals surface area contributed by atoms with Crippen molar-refractivity contribution in [1.29, 1.82) is 0 Å². The van der Waals surface area contributed by atoms with Gasteiger partial charge in [-0.05, 0) is 41.8 Å². The summed E-state index contributed by atoms with van der Waals surface area (Å²) in [4.78, 5) is 0. The Morgan fingerprint density at radius 3 is 2.74 bits per heavy atom. The third-order valence-corrected chi connectivity index (χ3v) is 3.44. The van der Waals surface area contributed by atoms with Crippen LogP contribution in [0.4, 0.5) is 4.39 Å². The van der Waals surface area contributed by atoms with E-state index in [9.17, 15) is 4.39 Å². The Morgan fingerprint density at radius 1 is 1.26 bits per heavy atom. The van der Waals surface area contributed by atoms with Crippen LogP contribution in [0.1, 0.15) is 17.2 Å². The predicted octanol–water partition coefficient (Wildman–Crippen LogP) is 3.84. The van der Waals surface area contributed by atoms with E-state index >= 15 is 0 Å². The maximum Gasteiger partial charge on any atom is 0.165 e. The number of hydrogen-bond donors (Lipinski definition) is 1. The van der Waals surface area contributed by atoms with Crippen LogP contribution in [0.5, 0.6) is 5.75 Å². The summed E-state index contributed by atoms with van der Waals surface area (Å²) in [5.41, 5.74) is 8.15. The average molecular weight is 324 g/mol. The summed E-state index contributed by atoms with van der Waals surface area (Å²) < 4.78 is 19.3. The van der Waals surface area contributed by atoms with Crippen molar-refractivity contribution in [2.45, 2.75) is 12.5 Å². The number of benzene rings is 2. The molecule has 0 aromatic heterocycles. The van der Waals surface area contributed by atoms with Crippen LogP contribution >= 0.6 is 15.9 Å². The topological polar surface area (TPSA) is 35.2 Å². The molecule has 2 rings (SSSR count). The van der Waals surface area contributed by atoms with Crippen molar-refractivity contribution in [3.05, 3.63) is 63.9 Å². The molecule has 0 saturated carbocycles. The smallest absolute Gasteiger partial charge is 0.165 e. The molecule has 2 aromatic carbocycles. The summed E-state index contributed by atoms with van der Waals surface area (Å²) in [5, 5.41) is 0. The molecule has 0 saturated heterocycles. The van der Waals surface area contributed by atoms with E-state index in [1.807, 2.05) is 24.3 Å². The summed E-state index contributed by atoms with van der Waals surface area (Å²) >= 11 is 3.43. The van der Waals surface area contributed by atoms with E-state index in [0.29, 0.717) is 6.42 Å². The average Bonchev–Trinajstić information content (AvgIpc) is 2.39. The molecule has 2 N–H and O–H groups in total. The van der Waals surface area contributed by atoms with Gasteiger partial charge in [-0.3, -0.25) is 0 Å². The Morgan fingerprint density at radius 2 is 2.05 bits per heavy atom. The van der Waals surface area contributed by atoms with Crippen molar-refractivity contribution in [3.63, 3.8) is 0 Å². The third kappa shape index (κ3) is 3.55. The normalized spacial score (nSPS) is 12.2. The maximum absolute atomic E-state index is 13.3. The molecule has 0 aliphatic rings. The molecule has 0 bridgehead atoms. The van der Waals surface area contributed by atoms with Crippen molar-refractivity contribution >= 4 is 15.9 Å². The standard InChI is InChI=1S/C15H15BrFNO/c1-19-15-9-11(5-6-13(15)17)14(18)8-10-3-2-4-12(16)7-10/h2-7,9,14H,8,18H2,1H3. The van der Waals surface area contributed by atoms with E-state index in [-0.39, 0.29) is 17.6 Å². The van der Waals surface area contributed by atoms with Gasteiger partial charge in [-0.1, -0.05) is 34.1 Å². The second-order valence-corrected chi connectivity index (χ2v) is 5.25. The Bertz CT molecular complexity index is 574. The number of halogens is 2. The number of methoxy groups -OCH3 is 1. The summed E-state index contributed by atoms with van der Waals surface area (Å²) in [6.07, 6.45) is 0.689. The molecule has 0 fully saturated rings. The highest BCUT2D eigenvalue weighted by molar-refractivity contribution is 9.10. The molecule has 0 radical (unpaired) electrons. The van der Waals surface area contributed by atoms with E-state index in [4.69, 9.17) is 10.5 Å². The molecule has 0 amide bonds. The number of hydrogen-bond acceptors (Lipinski definition) is 2. The summed E-state index contributed by atoms with van der Waals surface area (Å²) in [6, 6.07) is 12.5. The monoisotopic (exact) mass is 323 g/mol. The Hall–Kier alpha value is -1.39. The van der Waals surface area contributed by atoms with Crippen molar-refractivity contribution < 1.29 is 9.13 Å². The van der Waals surface area contributed by atoms with Gasteiger partial charge in [0, 0.05) is 10.5 Å². The van der Waals surface area contributed by atoms with Crippen LogP contribution in [-0.2, 0) is 6.42 Å². The first-order valence-electron chi connectivity index (χ1n) is 5.93. The zero-order valence-electron chi connectivity index (χ0n) is 10.6. The molecule has 4 heteroatoms. The van der Waals surface area contributed by atoms with Gasteiger partial charge in [-0.15, -0.1) is 0 Å². The molecule has 100 valence electrons. The van der Waals surface area contributed by atoms with Crippen LogP contribution in [0.25, 0.3) is 0 Å². The first-order valence-corrected chi connectivity index (χ1v) is 6.73. The van der Waals surface area contributed by atoms with E-state index in [1.54, 1.807) is 12.1 Å². The molecule has 0 aliphatic carbocycles. The molecule has 0 aliphatic heterocycles. The first kappa shape index (κ1) is 14.0. The van der Waals surface area contributed by atoms with Crippen LogP contribution in [0.15, 0.2) is 46.9 Å². The fourth-order valence-electron chi connectivity index (χ4n) is 1.94. The van der Waals surface area contributed by atoms with Gasteiger partial charge in [0.25, 0.3) is 0 Å². The minimum Gasteiger partial charge on any atom is -0.494 e. The van der Waals surface area contributed by atoms with Gasteiger partial charge in [-0.25, -0.2) is 4.39 Å². The van der Waals surface area contributed by atoms with Crippen molar-refractivity contribution in [2.24, 2.45) is 5.73 Å². The van der Waals surface area contributed by atoms with Gasteiger partial charge >= 0.3 is 0 Å². The highest BCUT2D eigenvalue weighted by atomic mass is 79.9. The molecular weight excluding hydrogens is 309 g/mol. The largest absolute Gasteiger partial charge is 0.494 e. The third-order valence-electron chi connectivity index (χ3n) is 2.95. The number of nitrogens with two attached hydrogens (primary N) is 1. The fraction of sp³-hybridized carbons (Fsp3) is 0.200. The maximum atomic E-state index is 13.3. The van der Waals surface area contributed by atoms with Crippen LogP contribution < -0.4 is 10.5 Å². The van der Waals surface area contributed by atoms with Crippen LogP contribution in [0.3, 0.4) is 0 Å². The first-order chi connectivity index (χ1) is 9.10. The zero-order chi connectivity index (χ0) is 13.8. The minimum atomic E-state index is -0.374. The second kappa shape index (κ2) is 6.17. The van der Waals surface area contributed by atoms with Gasteiger partial charge in [0.05, 0.1) is 7.11 Å². The fourth-order valence-corrected chi connectivity index (χ4v) is 2.39. The molecular formula is C15H15BrFNO. The number of rotatable bonds is 4. The Labute approximate surface area is 120 Å². The predicted molar refractivity (Wildman–Crippen MR) is 77.7 cm³/mol. The van der Waals surface area contributed by atoms with Gasteiger partial charge in [0.15, 0.2) is 11.6 Å². The lowest BCUT2D eigenvalue weighted by atomic mass is 9.99. The number of ether oxygens (including phenoxy) is 1. The second-order valence-electron chi connectivity index (χ2n) is 4.33. The molecule has 0 spiro atoms. The Kier molecular flexibility index (Phi) is 4.56. The molecule has 1 unspecified atom stereocenters. The van der Waals surface area contributed by atoms with Gasteiger partial charge in [0.2, 0.25) is 0 Å². The van der Waals surface area contributed by atoms with Crippen molar-refractivity contribution in [2.75, 3.05) is 7.11 Å². The highest BCUT2D eigenvalue weighted by Crippen LogP contribution is 2.24. The zero-order valence-corrected chi connectivity index (χ0v) is 12.2. The quantitative estimate of drug-likeness (QED) is 0.927. The van der Waals surface area contributed by atoms with Crippen molar-refractivity contribution in [3.8, 4) is 5.75 Å².